The fraction of sp³-hybridized carbons (Fsp3) is 0.227. The molecule has 0 fully saturated rings. The van der Waals surface area contributed by atoms with Crippen LogP contribution in [-0.4, -0.2) is 30.9 Å². The van der Waals surface area contributed by atoms with Crippen LogP contribution in [0.3, 0.4) is 0 Å². The number of benzene rings is 2. The molecule has 0 aliphatic carbocycles. The maximum Gasteiger partial charge on any atom is 0.340 e. The summed E-state index contributed by atoms with van der Waals surface area (Å²) in [7, 11) is 0. The van der Waals surface area contributed by atoms with Crippen LogP contribution in [0.2, 0.25) is 0 Å². The first kappa shape index (κ1) is 20.9. The van der Waals surface area contributed by atoms with Crippen LogP contribution in [0.5, 0.6) is 0 Å². The van der Waals surface area contributed by atoms with Crippen molar-refractivity contribution in [1.29, 1.82) is 0 Å². The van der Waals surface area contributed by atoms with Gasteiger partial charge in [0.15, 0.2) is 0 Å². The number of carbonyl (C=O) groups excluding carboxylic acids is 3. The van der Waals surface area contributed by atoms with Gasteiger partial charge in [-0.2, -0.15) is 0 Å². The minimum absolute atomic E-state index is 0.141. The molecule has 0 aromatic heterocycles. The van der Waals surface area contributed by atoms with Crippen LogP contribution >= 0.6 is 0 Å². The van der Waals surface area contributed by atoms with Gasteiger partial charge in [0.2, 0.25) is 5.91 Å². The minimum Gasteiger partial charge on any atom is -0.462 e. The second kappa shape index (κ2) is 10.1. The standard InChI is InChI=1S/C22H24N2O4/c1-4-24(20-9-7-6-8-19(20)22(27)28-5-2)21(26)15-12-17-10-13-18(14-11-17)23-16(3)25/h6-15H,4-5H2,1-3H3,(H,23,25)/b15-12+. The van der Waals surface area contributed by atoms with Gasteiger partial charge in [-0.1, -0.05) is 24.3 Å². The number of amides is 2. The Kier molecular flexibility index (Phi) is 7.51. The number of ether oxygens (including phenoxy) is 1. The van der Waals surface area contributed by atoms with Crippen molar-refractivity contribution in [3.8, 4) is 0 Å². The molecule has 0 aliphatic heterocycles. The monoisotopic (exact) mass is 380 g/mol. The van der Waals surface area contributed by atoms with Gasteiger partial charge in [0.1, 0.15) is 0 Å². The number of para-hydroxylation sites is 1. The van der Waals surface area contributed by atoms with Gasteiger partial charge in [-0.15, -0.1) is 0 Å². The highest BCUT2D eigenvalue weighted by Gasteiger charge is 2.19. The van der Waals surface area contributed by atoms with Crippen molar-refractivity contribution in [3.63, 3.8) is 0 Å². The first-order chi connectivity index (χ1) is 13.5. The summed E-state index contributed by atoms with van der Waals surface area (Å²) in [5, 5.41) is 2.69. The smallest absolute Gasteiger partial charge is 0.340 e. The lowest BCUT2D eigenvalue weighted by atomic mass is 10.1. The molecule has 2 aromatic rings. The summed E-state index contributed by atoms with van der Waals surface area (Å²) in [6, 6.07) is 14.0. The molecule has 0 saturated carbocycles. The molecule has 146 valence electrons. The molecule has 0 radical (unpaired) electrons. The van der Waals surface area contributed by atoms with E-state index < -0.39 is 5.97 Å². The van der Waals surface area contributed by atoms with E-state index in [1.165, 1.54) is 17.9 Å². The Morgan fingerprint density at radius 1 is 1.04 bits per heavy atom. The number of esters is 1. The fourth-order valence-corrected chi connectivity index (χ4v) is 2.67. The van der Waals surface area contributed by atoms with Crippen LogP contribution in [0.1, 0.15) is 36.7 Å². The molecule has 0 bridgehead atoms. The van der Waals surface area contributed by atoms with E-state index in [4.69, 9.17) is 4.74 Å². The molecule has 0 saturated heterocycles. The van der Waals surface area contributed by atoms with Gasteiger partial charge in [0, 0.05) is 25.2 Å². The van der Waals surface area contributed by atoms with Gasteiger partial charge in [0.25, 0.3) is 5.91 Å². The third-order valence-electron chi connectivity index (χ3n) is 3.92. The Morgan fingerprint density at radius 3 is 2.32 bits per heavy atom. The average Bonchev–Trinajstić information content (AvgIpc) is 2.68. The third-order valence-corrected chi connectivity index (χ3v) is 3.92. The van der Waals surface area contributed by atoms with E-state index in [1.807, 2.05) is 6.92 Å². The van der Waals surface area contributed by atoms with Gasteiger partial charge in [0.05, 0.1) is 17.9 Å². The first-order valence-corrected chi connectivity index (χ1v) is 9.09. The second-order valence-electron chi connectivity index (χ2n) is 5.96. The molecule has 6 heteroatoms. The van der Waals surface area contributed by atoms with Crippen molar-refractivity contribution in [2.75, 3.05) is 23.4 Å². The summed E-state index contributed by atoms with van der Waals surface area (Å²) >= 11 is 0. The highest BCUT2D eigenvalue weighted by atomic mass is 16.5. The lowest BCUT2D eigenvalue weighted by molar-refractivity contribution is -0.115. The van der Waals surface area contributed by atoms with E-state index in [2.05, 4.69) is 5.32 Å². The molecule has 2 rings (SSSR count). The Labute approximate surface area is 164 Å². The summed E-state index contributed by atoms with van der Waals surface area (Å²) in [5.74, 6) is -0.843. The summed E-state index contributed by atoms with van der Waals surface area (Å²) in [5.41, 5.74) is 2.37. The molecule has 0 aliphatic rings. The molecule has 2 amide bonds. The predicted octanol–water partition coefficient (Wildman–Crippen LogP) is 3.89. The average molecular weight is 380 g/mol. The SMILES string of the molecule is CCOC(=O)c1ccccc1N(CC)C(=O)/C=C/c1ccc(NC(C)=O)cc1. The van der Waals surface area contributed by atoms with Gasteiger partial charge in [-0.3, -0.25) is 9.59 Å². The van der Waals surface area contributed by atoms with Crippen molar-refractivity contribution in [1.82, 2.24) is 0 Å². The van der Waals surface area contributed by atoms with E-state index in [-0.39, 0.29) is 18.4 Å². The van der Waals surface area contributed by atoms with Crippen LogP contribution in [-0.2, 0) is 14.3 Å². The molecule has 6 nitrogen and oxygen atoms in total. The van der Waals surface area contributed by atoms with Crippen molar-refractivity contribution >= 4 is 35.2 Å². The molecule has 0 unspecified atom stereocenters. The number of anilines is 2. The molecule has 0 heterocycles. The Hall–Kier alpha value is -3.41. The van der Waals surface area contributed by atoms with Gasteiger partial charge < -0.3 is 15.0 Å². The van der Waals surface area contributed by atoms with Crippen molar-refractivity contribution in [2.24, 2.45) is 0 Å². The molecular formula is C22H24N2O4. The predicted molar refractivity (Wildman–Crippen MR) is 110 cm³/mol. The number of likely N-dealkylation sites (N-methyl/N-ethyl adjacent to an activating group) is 1. The highest BCUT2D eigenvalue weighted by molar-refractivity contribution is 6.08. The van der Waals surface area contributed by atoms with Gasteiger partial charge in [-0.25, -0.2) is 4.79 Å². The maximum absolute atomic E-state index is 12.7. The largest absolute Gasteiger partial charge is 0.462 e. The summed E-state index contributed by atoms with van der Waals surface area (Å²) in [4.78, 5) is 37.5. The second-order valence-corrected chi connectivity index (χ2v) is 5.96. The van der Waals surface area contributed by atoms with Crippen molar-refractivity contribution in [3.05, 3.63) is 65.7 Å². The van der Waals surface area contributed by atoms with Crippen LogP contribution < -0.4 is 10.2 Å². The summed E-state index contributed by atoms with van der Waals surface area (Å²) in [6.45, 7) is 5.70. The first-order valence-electron chi connectivity index (χ1n) is 9.09. The number of hydrogen-bond acceptors (Lipinski definition) is 4. The molecular weight excluding hydrogens is 356 g/mol. The quantitative estimate of drug-likeness (QED) is 0.584. The lowest BCUT2D eigenvalue weighted by Crippen LogP contribution is -2.30. The Balaban J connectivity index is 2.19. The zero-order chi connectivity index (χ0) is 20.5. The highest BCUT2D eigenvalue weighted by Crippen LogP contribution is 2.22. The zero-order valence-corrected chi connectivity index (χ0v) is 16.3. The van der Waals surface area contributed by atoms with Crippen LogP contribution in [0.4, 0.5) is 11.4 Å². The molecule has 1 N–H and O–H groups in total. The normalized spacial score (nSPS) is 10.5. The maximum atomic E-state index is 12.7. The van der Waals surface area contributed by atoms with Gasteiger partial charge >= 0.3 is 5.97 Å². The molecule has 0 spiro atoms. The zero-order valence-electron chi connectivity index (χ0n) is 16.3. The van der Waals surface area contributed by atoms with E-state index >= 15 is 0 Å². The van der Waals surface area contributed by atoms with E-state index in [1.54, 1.807) is 61.5 Å². The van der Waals surface area contributed by atoms with E-state index in [0.717, 1.165) is 5.56 Å². The Morgan fingerprint density at radius 2 is 1.71 bits per heavy atom. The summed E-state index contributed by atoms with van der Waals surface area (Å²) < 4.78 is 5.09. The number of nitrogens with zero attached hydrogens (tertiary/aromatic N) is 1. The number of nitrogens with one attached hydrogen (secondary N) is 1. The molecule has 0 atom stereocenters. The third kappa shape index (κ3) is 5.54. The lowest BCUT2D eigenvalue weighted by Gasteiger charge is -2.21. The minimum atomic E-state index is -0.457. The number of rotatable bonds is 7. The number of hydrogen-bond donors (Lipinski definition) is 1. The molecule has 28 heavy (non-hydrogen) atoms. The van der Waals surface area contributed by atoms with E-state index in [9.17, 15) is 14.4 Å². The van der Waals surface area contributed by atoms with E-state index in [0.29, 0.717) is 23.5 Å². The molecule has 2 aromatic carbocycles. The topological polar surface area (TPSA) is 75.7 Å². The van der Waals surface area contributed by atoms with Crippen LogP contribution in [0, 0.1) is 0 Å². The summed E-state index contributed by atoms with van der Waals surface area (Å²) in [6.07, 6.45) is 3.15. The van der Waals surface area contributed by atoms with Crippen molar-refractivity contribution < 1.29 is 19.1 Å². The van der Waals surface area contributed by atoms with Gasteiger partial charge in [-0.05, 0) is 49.8 Å². The Bertz CT molecular complexity index is 872. The van der Waals surface area contributed by atoms with Crippen LogP contribution in [0.25, 0.3) is 6.08 Å². The number of carbonyl (C=O) groups is 3. The fourth-order valence-electron chi connectivity index (χ4n) is 2.67. The van der Waals surface area contributed by atoms with Crippen LogP contribution in [0.15, 0.2) is 54.6 Å². The van der Waals surface area contributed by atoms with Crippen molar-refractivity contribution in [2.45, 2.75) is 20.8 Å².